The first-order chi connectivity index (χ1) is 8.90. The number of benzene rings is 1. The van der Waals surface area contributed by atoms with E-state index in [0.717, 1.165) is 35.3 Å². The van der Waals surface area contributed by atoms with Crippen LogP contribution in [0.4, 0.5) is 0 Å². The van der Waals surface area contributed by atoms with Gasteiger partial charge >= 0.3 is 0 Å². The van der Waals surface area contributed by atoms with Crippen LogP contribution >= 0.6 is 0 Å². The lowest BCUT2D eigenvalue weighted by Crippen LogP contribution is -2.29. The van der Waals surface area contributed by atoms with Gasteiger partial charge in [0.15, 0.2) is 0 Å². The topological polar surface area (TPSA) is 60.2 Å². The van der Waals surface area contributed by atoms with E-state index in [-0.39, 0.29) is 6.04 Å². The molecule has 0 bridgehead atoms. The number of fused-ring (bicyclic) bond motifs is 1. The lowest BCUT2D eigenvalue weighted by atomic mass is 10.0. The van der Waals surface area contributed by atoms with Gasteiger partial charge in [-0.15, -0.1) is 0 Å². The molecule has 1 unspecified atom stereocenters. The second-order valence-electron chi connectivity index (χ2n) is 4.26. The van der Waals surface area contributed by atoms with Crippen molar-refractivity contribution in [2.45, 2.75) is 12.5 Å². The molecule has 2 heterocycles. The smallest absolute Gasteiger partial charge is 0.115 e. The van der Waals surface area contributed by atoms with E-state index >= 15 is 0 Å². The molecule has 0 radical (unpaired) electrons. The molecule has 0 fully saturated rings. The van der Waals surface area contributed by atoms with Crippen molar-refractivity contribution in [2.24, 2.45) is 5.84 Å². The maximum atomic E-state index is 5.68. The molecule has 92 valence electrons. The fraction of sp³-hybridized carbons (Fsp3) is 0.214. The van der Waals surface area contributed by atoms with Crippen LogP contribution in [0.15, 0.2) is 48.4 Å². The Balaban J connectivity index is 2.12. The number of hydrogen-bond acceptors (Lipinski definition) is 4. The van der Waals surface area contributed by atoms with Crippen LogP contribution in [0.1, 0.15) is 18.0 Å². The quantitative estimate of drug-likeness (QED) is 0.637. The van der Waals surface area contributed by atoms with Crippen molar-refractivity contribution < 1.29 is 4.74 Å². The standard InChI is InChI=1S/C14H15N3O/c15-17-14(13-6-3-9-18-13)11-7-8-16-12-5-2-1-4-10(11)12/h1-2,4-8,14,17H,3,9,15H2. The van der Waals surface area contributed by atoms with E-state index < -0.39 is 0 Å². The highest BCUT2D eigenvalue weighted by molar-refractivity contribution is 5.82. The lowest BCUT2D eigenvalue weighted by molar-refractivity contribution is 0.216. The largest absolute Gasteiger partial charge is 0.496 e. The summed E-state index contributed by atoms with van der Waals surface area (Å²) in [5.41, 5.74) is 4.89. The van der Waals surface area contributed by atoms with Crippen LogP contribution < -0.4 is 11.3 Å². The number of para-hydroxylation sites is 1. The summed E-state index contributed by atoms with van der Waals surface area (Å²) in [6.07, 6.45) is 4.83. The zero-order chi connectivity index (χ0) is 12.4. The Morgan fingerprint density at radius 3 is 2.94 bits per heavy atom. The Hall–Kier alpha value is -1.91. The van der Waals surface area contributed by atoms with E-state index in [9.17, 15) is 0 Å². The fourth-order valence-corrected chi connectivity index (χ4v) is 2.33. The molecule has 1 aliphatic rings. The monoisotopic (exact) mass is 241 g/mol. The molecule has 4 heteroatoms. The molecule has 0 saturated heterocycles. The van der Waals surface area contributed by atoms with Gasteiger partial charge in [0.25, 0.3) is 0 Å². The van der Waals surface area contributed by atoms with Crippen molar-refractivity contribution >= 4 is 10.9 Å². The number of ether oxygens (including phenoxy) is 1. The molecule has 1 aromatic heterocycles. The molecule has 0 amide bonds. The predicted molar refractivity (Wildman–Crippen MR) is 70.5 cm³/mol. The first-order valence-corrected chi connectivity index (χ1v) is 6.03. The average Bonchev–Trinajstić information content (AvgIpc) is 2.94. The first-order valence-electron chi connectivity index (χ1n) is 6.03. The van der Waals surface area contributed by atoms with Crippen LogP contribution in [0.5, 0.6) is 0 Å². The maximum absolute atomic E-state index is 5.68. The Morgan fingerprint density at radius 1 is 1.28 bits per heavy atom. The van der Waals surface area contributed by atoms with Crippen LogP contribution in [-0.4, -0.2) is 11.6 Å². The van der Waals surface area contributed by atoms with Crippen LogP contribution in [-0.2, 0) is 4.74 Å². The number of nitrogens with one attached hydrogen (secondary N) is 1. The molecule has 1 aliphatic heterocycles. The molecule has 0 spiro atoms. The van der Waals surface area contributed by atoms with Gasteiger partial charge in [-0.1, -0.05) is 18.2 Å². The third-order valence-corrected chi connectivity index (χ3v) is 3.18. The van der Waals surface area contributed by atoms with E-state index in [1.54, 1.807) is 6.20 Å². The third kappa shape index (κ3) is 1.85. The average molecular weight is 241 g/mol. The third-order valence-electron chi connectivity index (χ3n) is 3.18. The van der Waals surface area contributed by atoms with Gasteiger partial charge in [0.1, 0.15) is 11.8 Å². The second kappa shape index (κ2) is 4.76. The summed E-state index contributed by atoms with van der Waals surface area (Å²) in [6, 6.07) is 9.91. The van der Waals surface area contributed by atoms with E-state index in [0.29, 0.717) is 0 Å². The summed E-state index contributed by atoms with van der Waals surface area (Å²) in [4.78, 5) is 4.36. The second-order valence-corrected chi connectivity index (χ2v) is 4.26. The molecule has 1 aromatic carbocycles. The number of nitrogens with zero attached hydrogens (tertiary/aromatic N) is 1. The van der Waals surface area contributed by atoms with E-state index in [4.69, 9.17) is 10.6 Å². The zero-order valence-electron chi connectivity index (χ0n) is 9.97. The number of aromatic nitrogens is 1. The minimum absolute atomic E-state index is 0.111. The van der Waals surface area contributed by atoms with Crippen molar-refractivity contribution in [3.63, 3.8) is 0 Å². The van der Waals surface area contributed by atoms with Crippen molar-refractivity contribution in [3.05, 3.63) is 53.9 Å². The van der Waals surface area contributed by atoms with E-state index in [2.05, 4.69) is 22.6 Å². The van der Waals surface area contributed by atoms with Gasteiger partial charge in [-0.2, -0.15) is 0 Å². The van der Waals surface area contributed by atoms with Gasteiger partial charge < -0.3 is 4.74 Å². The summed E-state index contributed by atoms with van der Waals surface area (Å²) >= 11 is 0. The molecular formula is C14H15N3O. The summed E-state index contributed by atoms with van der Waals surface area (Å²) in [5.74, 6) is 6.58. The summed E-state index contributed by atoms with van der Waals surface area (Å²) in [5, 5.41) is 1.10. The van der Waals surface area contributed by atoms with Gasteiger partial charge in [-0.05, 0) is 23.8 Å². The van der Waals surface area contributed by atoms with Crippen molar-refractivity contribution in [3.8, 4) is 0 Å². The molecule has 2 aromatic rings. The highest BCUT2D eigenvalue weighted by Crippen LogP contribution is 2.30. The number of nitrogens with two attached hydrogens (primary N) is 1. The molecule has 0 aliphatic carbocycles. The van der Waals surface area contributed by atoms with E-state index in [1.807, 2.05) is 24.3 Å². The van der Waals surface area contributed by atoms with Crippen molar-refractivity contribution in [2.75, 3.05) is 6.61 Å². The minimum atomic E-state index is -0.111. The Kier molecular flexibility index (Phi) is 2.96. The zero-order valence-corrected chi connectivity index (χ0v) is 9.97. The summed E-state index contributed by atoms with van der Waals surface area (Å²) in [6.45, 7) is 0.733. The summed E-state index contributed by atoms with van der Waals surface area (Å²) in [7, 11) is 0. The van der Waals surface area contributed by atoms with Gasteiger partial charge in [0.05, 0.1) is 12.1 Å². The number of hydrogen-bond donors (Lipinski definition) is 2. The lowest BCUT2D eigenvalue weighted by Gasteiger charge is -2.19. The minimum Gasteiger partial charge on any atom is -0.496 e. The predicted octanol–water partition coefficient (Wildman–Crippen LogP) is 2.04. The highest BCUT2D eigenvalue weighted by atomic mass is 16.5. The number of pyridine rings is 1. The molecule has 3 N–H and O–H groups in total. The van der Waals surface area contributed by atoms with Gasteiger partial charge in [-0.25, -0.2) is 5.43 Å². The molecule has 3 rings (SSSR count). The molecule has 18 heavy (non-hydrogen) atoms. The first kappa shape index (κ1) is 11.2. The van der Waals surface area contributed by atoms with E-state index in [1.165, 1.54) is 0 Å². The number of rotatable bonds is 3. The van der Waals surface area contributed by atoms with Crippen molar-refractivity contribution in [1.82, 2.24) is 10.4 Å². The van der Waals surface area contributed by atoms with Gasteiger partial charge in [0.2, 0.25) is 0 Å². The van der Waals surface area contributed by atoms with Crippen LogP contribution in [0, 0.1) is 0 Å². The van der Waals surface area contributed by atoms with Crippen LogP contribution in [0.2, 0.25) is 0 Å². The maximum Gasteiger partial charge on any atom is 0.115 e. The summed E-state index contributed by atoms with van der Waals surface area (Å²) < 4.78 is 5.61. The molecule has 0 saturated carbocycles. The van der Waals surface area contributed by atoms with Crippen LogP contribution in [0.3, 0.4) is 0 Å². The Morgan fingerprint density at radius 2 is 2.17 bits per heavy atom. The SMILES string of the molecule is NNC(C1=CCCO1)c1ccnc2ccccc12. The van der Waals surface area contributed by atoms with Gasteiger partial charge in [0, 0.05) is 18.0 Å². The Bertz CT molecular complexity index is 589. The van der Waals surface area contributed by atoms with Crippen LogP contribution in [0.25, 0.3) is 10.9 Å². The molecular weight excluding hydrogens is 226 g/mol. The van der Waals surface area contributed by atoms with Gasteiger partial charge in [-0.3, -0.25) is 10.8 Å². The highest BCUT2D eigenvalue weighted by Gasteiger charge is 2.21. The van der Waals surface area contributed by atoms with Crippen molar-refractivity contribution in [1.29, 1.82) is 0 Å². The Labute approximate surface area is 105 Å². The molecule has 1 atom stereocenters. The number of hydrazine groups is 1. The normalized spacial score (nSPS) is 16.4. The molecule has 4 nitrogen and oxygen atoms in total. The fourth-order valence-electron chi connectivity index (χ4n) is 2.33.